The second-order valence-corrected chi connectivity index (χ2v) is 1.99. The van der Waals surface area contributed by atoms with Crippen LogP contribution in [0.3, 0.4) is 0 Å². The van der Waals surface area contributed by atoms with E-state index in [1.165, 1.54) is 28.0 Å². The minimum atomic E-state index is 1.43. The Hall–Kier alpha value is -0.371. The van der Waals surface area contributed by atoms with Gasteiger partial charge < -0.3 is 0 Å². The maximum absolute atomic E-state index is 7.32. The van der Waals surface area contributed by atoms with Crippen molar-refractivity contribution in [3.05, 3.63) is 0 Å². The average molecular weight is 190 g/mol. The zero-order chi connectivity index (χ0) is 13.1. The lowest BCUT2D eigenvalue weighted by Crippen LogP contribution is -2.30. The summed E-state index contributed by atoms with van der Waals surface area (Å²) in [6.45, 7) is 2.86. The molecule has 0 aromatic rings. The van der Waals surface area contributed by atoms with Crippen molar-refractivity contribution in [1.82, 2.24) is 0 Å². The molecule has 0 aromatic carbocycles. The van der Waals surface area contributed by atoms with Gasteiger partial charge in [-0.15, -0.1) is 0 Å². The smallest absolute Gasteiger partial charge is 0.0587 e. The molecule has 0 rings (SSSR count). The third-order valence-electron chi connectivity index (χ3n) is 0.778. The summed E-state index contributed by atoms with van der Waals surface area (Å²) in [4.78, 5) is 0. The van der Waals surface area contributed by atoms with E-state index in [2.05, 4.69) is 0 Å². The molecule has 12 radical (unpaired) electrons. The summed E-state index contributed by atoms with van der Waals surface area (Å²) < 4.78 is 0. The lowest BCUT2D eigenvalue weighted by atomic mass is 8.89. The molecule has 0 aliphatic carbocycles. The minimum absolute atomic E-state index is 1.43. The second-order valence-electron chi connectivity index (χ2n) is 1.99. The molecular formula is C4H6B10N2. The molecule has 0 saturated heterocycles. The zero-order valence-electron chi connectivity index (χ0n) is 9.67. The van der Waals surface area contributed by atoms with E-state index >= 15 is 0 Å². The van der Waals surface area contributed by atoms with Gasteiger partial charge in [0.2, 0.25) is 0 Å². The lowest BCUT2D eigenvalue weighted by molar-refractivity contribution is 1.49. The quantitative estimate of drug-likeness (QED) is 0.323. The van der Waals surface area contributed by atoms with Crippen molar-refractivity contribution in [3.8, 4) is 12.1 Å². The van der Waals surface area contributed by atoms with Crippen LogP contribution in [0.4, 0.5) is 0 Å². The molecule has 0 aliphatic heterocycles. The molecule has 0 N–H and O–H groups in total. The molecule has 0 saturated carbocycles. The summed E-state index contributed by atoms with van der Waals surface area (Å²) >= 11 is 0. The van der Waals surface area contributed by atoms with Crippen molar-refractivity contribution in [2.24, 2.45) is 0 Å². The highest BCUT2D eigenvalue weighted by molar-refractivity contribution is 7.68. The molecule has 0 heterocycles. The second kappa shape index (κ2) is 29.3. The molecule has 0 aliphatic rings. The summed E-state index contributed by atoms with van der Waals surface area (Å²) in [5, 5.41) is 14.6. The Labute approximate surface area is 109 Å². The van der Waals surface area contributed by atoms with Crippen LogP contribution in [0.5, 0.6) is 0 Å². The van der Waals surface area contributed by atoms with Crippen LogP contribution in [0.25, 0.3) is 0 Å². The van der Waals surface area contributed by atoms with Gasteiger partial charge in [0.05, 0.1) is 12.1 Å². The number of hydrogen-bond acceptors (Lipinski definition) is 2. The van der Waals surface area contributed by atoms with Crippen molar-refractivity contribution in [2.75, 3.05) is 0 Å². The normalized spacial score (nSPS) is 5.25. The zero-order valence-corrected chi connectivity index (χ0v) is 9.67. The van der Waals surface area contributed by atoms with E-state index in [0.29, 0.717) is 0 Å². The largest absolute Gasteiger partial charge is 0.199 e. The van der Waals surface area contributed by atoms with E-state index in [1.807, 2.05) is 28.2 Å². The summed E-state index contributed by atoms with van der Waals surface area (Å²) in [5.41, 5.74) is 0. The van der Waals surface area contributed by atoms with Gasteiger partial charge in [-0.3, -0.25) is 0 Å². The van der Waals surface area contributed by atoms with Gasteiger partial charge in [0.25, 0.3) is 0 Å². The standard InChI is InChI=1S/2C2H3N.B10/c2*1-2-3;1-3-5-7-9-10-8-6-4-2/h2*1H3;. The molecule has 0 amide bonds. The Kier molecular flexibility index (Phi) is 38.4. The first-order valence-electron chi connectivity index (χ1n) is 4.45. The molecule has 0 fully saturated rings. The molecule has 2 nitrogen and oxygen atoms in total. The van der Waals surface area contributed by atoms with Gasteiger partial charge in [0.15, 0.2) is 0 Å². The first kappa shape index (κ1) is 21.0. The Morgan fingerprint density at radius 2 is 0.875 bits per heavy atom. The minimum Gasteiger partial charge on any atom is -0.199 e. The molecular weight excluding hydrogens is 184 g/mol. The van der Waals surface area contributed by atoms with Gasteiger partial charge in [-0.1, -0.05) is 0 Å². The van der Waals surface area contributed by atoms with E-state index in [0.717, 1.165) is 0 Å². The topological polar surface area (TPSA) is 47.6 Å². The van der Waals surface area contributed by atoms with E-state index in [9.17, 15) is 0 Å². The maximum Gasteiger partial charge on any atom is 0.0587 e. The van der Waals surface area contributed by atoms with Crippen molar-refractivity contribution in [3.63, 3.8) is 0 Å². The monoisotopic (exact) mass is 192 g/mol. The Balaban J connectivity index is -0.000000235. The van der Waals surface area contributed by atoms with Crippen LogP contribution in [-0.2, 0) is 0 Å². The fraction of sp³-hybridized carbons (Fsp3) is 0.500. The van der Waals surface area contributed by atoms with E-state index < -0.39 is 0 Å². The van der Waals surface area contributed by atoms with E-state index in [4.69, 9.17) is 26.0 Å². The van der Waals surface area contributed by atoms with Gasteiger partial charge >= 0.3 is 0 Å². The summed E-state index contributed by atoms with van der Waals surface area (Å²) in [5.74, 6) is 0. The van der Waals surface area contributed by atoms with Crippen LogP contribution in [0.15, 0.2) is 0 Å². The van der Waals surface area contributed by atoms with Crippen LogP contribution in [0.1, 0.15) is 13.8 Å². The number of rotatable bonds is 7. The van der Waals surface area contributed by atoms with Gasteiger partial charge in [-0.2, -0.15) is 10.5 Å². The summed E-state index contributed by atoms with van der Waals surface area (Å²) in [7, 11) is 24.0. The third-order valence-corrected chi connectivity index (χ3v) is 0.778. The molecule has 16 heavy (non-hydrogen) atoms. The molecule has 12 heteroatoms. The molecule has 0 unspecified atom stereocenters. The Morgan fingerprint density at radius 1 is 0.688 bits per heavy atom. The fourth-order valence-electron chi connectivity index (χ4n) is 0.385. The highest BCUT2D eigenvalue weighted by atomic mass is 14.2. The highest BCUT2D eigenvalue weighted by Crippen LogP contribution is 1.54. The van der Waals surface area contributed by atoms with Gasteiger partial charge in [0, 0.05) is 85.8 Å². The van der Waals surface area contributed by atoms with Crippen LogP contribution >= 0.6 is 0 Å². The van der Waals surface area contributed by atoms with Crippen LogP contribution < -0.4 is 0 Å². The van der Waals surface area contributed by atoms with Crippen LogP contribution in [0.2, 0.25) is 0 Å². The van der Waals surface area contributed by atoms with Gasteiger partial charge in [-0.25, -0.2) is 0 Å². The lowest BCUT2D eigenvalue weighted by Gasteiger charge is -1.92. The van der Waals surface area contributed by atoms with Crippen LogP contribution in [0, 0.1) is 22.7 Å². The first-order chi connectivity index (χ1) is 7.74. The molecule has 0 atom stereocenters. The molecule has 0 aromatic heterocycles. The number of hydrogen-bond donors (Lipinski definition) is 0. The third kappa shape index (κ3) is 49.5. The summed E-state index contributed by atoms with van der Waals surface area (Å²) in [6.07, 6.45) is 0. The Morgan fingerprint density at radius 3 is 1.06 bits per heavy atom. The van der Waals surface area contributed by atoms with Gasteiger partial charge in [0.1, 0.15) is 0 Å². The molecule has 0 spiro atoms. The highest BCUT2D eigenvalue weighted by Gasteiger charge is 1.92. The molecule has 0 bridgehead atoms. The van der Waals surface area contributed by atoms with Gasteiger partial charge in [-0.05, 0) is 0 Å². The average Bonchev–Trinajstić information content (AvgIpc) is 2.26. The SMILES string of the molecule is CC#N.CC#N.[B][B][B][B][B][B][B][B][B][B]. The van der Waals surface area contributed by atoms with E-state index in [-0.39, 0.29) is 0 Å². The van der Waals surface area contributed by atoms with Crippen molar-refractivity contribution in [2.45, 2.75) is 13.8 Å². The summed E-state index contributed by atoms with van der Waals surface area (Å²) in [6, 6.07) is 3.50. The predicted molar refractivity (Wildman–Crippen MR) is 80.1 cm³/mol. The van der Waals surface area contributed by atoms with Crippen LogP contribution in [-0.4, -0.2) is 72.0 Å². The first-order valence-corrected chi connectivity index (χ1v) is 4.45. The maximum atomic E-state index is 7.32. The predicted octanol–water partition coefficient (Wildman–Crippen LogP) is -2.75. The van der Waals surface area contributed by atoms with Crippen molar-refractivity contribution in [1.29, 1.82) is 10.5 Å². The van der Waals surface area contributed by atoms with Crippen molar-refractivity contribution >= 4 is 72.0 Å². The fourth-order valence-corrected chi connectivity index (χ4v) is 0.385. The number of nitriles is 2. The number of nitrogens with zero attached hydrogens (tertiary/aromatic N) is 2. The van der Waals surface area contributed by atoms with E-state index in [1.54, 1.807) is 26.3 Å². The Bertz CT molecular complexity index is 155. The molecule has 62 valence electrons. The van der Waals surface area contributed by atoms with Crippen molar-refractivity contribution < 1.29 is 0 Å².